The lowest BCUT2D eigenvalue weighted by Crippen LogP contribution is -2.49. The molecule has 1 aromatic heterocycles. The van der Waals surface area contributed by atoms with E-state index in [1.807, 2.05) is 45.0 Å². The lowest BCUT2D eigenvalue weighted by Gasteiger charge is -2.39. The van der Waals surface area contributed by atoms with E-state index in [9.17, 15) is 14.4 Å². The first-order valence-corrected chi connectivity index (χ1v) is 9.47. The Hall–Kier alpha value is -2.89. The summed E-state index contributed by atoms with van der Waals surface area (Å²) in [6.07, 6.45) is 0.723. The lowest BCUT2D eigenvalue weighted by atomic mass is 9.87. The molecule has 6 heteroatoms. The highest BCUT2D eigenvalue weighted by Crippen LogP contribution is 2.34. The van der Waals surface area contributed by atoms with Crippen molar-refractivity contribution < 1.29 is 9.59 Å². The quantitative estimate of drug-likeness (QED) is 0.870. The van der Waals surface area contributed by atoms with Crippen molar-refractivity contribution in [1.29, 1.82) is 0 Å². The van der Waals surface area contributed by atoms with Crippen LogP contribution >= 0.6 is 0 Å². The number of pyridine rings is 1. The standard InChI is InChI=1S/C22H27N3O3/c1-14-17(10-11-18(26)24(14)5)23-20(27)19-16-9-7-6-8-15(16)12-13-25(19)21(28)22(2,3)4/h6-11,19H,12-13H2,1-5H3,(H,23,27). The minimum absolute atomic E-state index is 0.0562. The van der Waals surface area contributed by atoms with Gasteiger partial charge in [-0.05, 0) is 30.5 Å². The van der Waals surface area contributed by atoms with Gasteiger partial charge in [0, 0.05) is 30.8 Å². The van der Waals surface area contributed by atoms with Gasteiger partial charge in [-0.2, -0.15) is 0 Å². The Morgan fingerprint density at radius 3 is 2.46 bits per heavy atom. The zero-order valence-corrected chi connectivity index (χ0v) is 17.1. The van der Waals surface area contributed by atoms with Gasteiger partial charge in [0.2, 0.25) is 5.91 Å². The molecule has 0 bridgehead atoms. The Morgan fingerprint density at radius 1 is 1.11 bits per heavy atom. The SMILES string of the molecule is Cc1c(NC(=O)C2c3ccccc3CCN2C(=O)C(C)(C)C)ccc(=O)n1C. The van der Waals surface area contributed by atoms with E-state index in [2.05, 4.69) is 5.32 Å². The number of carbonyl (C=O) groups is 2. The lowest BCUT2D eigenvalue weighted by molar-refractivity contribution is -0.146. The van der Waals surface area contributed by atoms with Crippen molar-refractivity contribution in [3.63, 3.8) is 0 Å². The van der Waals surface area contributed by atoms with Crippen LogP contribution in [0.1, 0.15) is 43.6 Å². The fourth-order valence-electron chi connectivity index (χ4n) is 3.57. The van der Waals surface area contributed by atoms with Gasteiger partial charge in [0.05, 0.1) is 5.69 Å². The maximum Gasteiger partial charge on any atom is 0.251 e. The molecule has 1 aromatic carbocycles. The number of nitrogens with one attached hydrogen (secondary N) is 1. The van der Waals surface area contributed by atoms with Gasteiger partial charge in [-0.25, -0.2) is 0 Å². The second-order valence-electron chi connectivity index (χ2n) is 8.32. The van der Waals surface area contributed by atoms with Gasteiger partial charge in [-0.1, -0.05) is 45.0 Å². The molecule has 0 spiro atoms. The average Bonchev–Trinajstić information content (AvgIpc) is 2.66. The molecule has 28 heavy (non-hydrogen) atoms. The molecule has 0 radical (unpaired) electrons. The monoisotopic (exact) mass is 381 g/mol. The summed E-state index contributed by atoms with van der Waals surface area (Å²) in [5.74, 6) is -0.328. The molecule has 0 fully saturated rings. The Bertz CT molecular complexity index is 985. The fourth-order valence-corrected chi connectivity index (χ4v) is 3.57. The number of anilines is 1. The summed E-state index contributed by atoms with van der Waals surface area (Å²) in [5, 5.41) is 2.93. The van der Waals surface area contributed by atoms with E-state index in [1.54, 1.807) is 24.9 Å². The van der Waals surface area contributed by atoms with Crippen LogP contribution in [0.3, 0.4) is 0 Å². The number of rotatable bonds is 2. The summed E-state index contributed by atoms with van der Waals surface area (Å²) in [6, 6.07) is 10.1. The van der Waals surface area contributed by atoms with Crippen molar-refractivity contribution in [2.75, 3.05) is 11.9 Å². The van der Waals surface area contributed by atoms with E-state index in [0.717, 1.165) is 17.5 Å². The molecule has 0 aliphatic carbocycles. The predicted molar refractivity (Wildman–Crippen MR) is 109 cm³/mol. The van der Waals surface area contributed by atoms with Crippen LogP contribution in [0.2, 0.25) is 0 Å². The van der Waals surface area contributed by atoms with Gasteiger partial charge < -0.3 is 14.8 Å². The summed E-state index contributed by atoms with van der Waals surface area (Å²) in [7, 11) is 1.67. The molecule has 2 aromatic rings. The van der Waals surface area contributed by atoms with Crippen LogP contribution < -0.4 is 10.9 Å². The first kappa shape index (κ1) is 19.9. The Morgan fingerprint density at radius 2 is 1.79 bits per heavy atom. The molecule has 1 N–H and O–H groups in total. The van der Waals surface area contributed by atoms with Crippen molar-refractivity contribution in [2.45, 2.75) is 40.2 Å². The van der Waals surface area contributed by atoms with Gasteiger partial charge in [-0.15, -0.1) is 0 Å². The molecule has 6 nitrogen and oxygen atoms in total. The van der Waals surface area contributed by atoms with E-state index in [1.165, 1.54) is 10.6 Å². The highest BCUT2D eigenvalue weighted by atomic mass is 16.2. The highest BCUT2D eigenvalue weighted by Gasteiger charge is 2.39. The molecule has 0 saturated carbocycles. The third-order valence-electron chi connectivity index (χ3n) is 5.31. The first-order valence-electron chi connectivity index (χ1n) is 9.47. The molecule has 1 aliphatic rings. The second-order valence-corrected chi connectivity index (χ2v) is 8.32. The summed E-state index contributed by atoms with van der Waals surface area (Å²) in [4.78, 5) is 39.9. The Labute approximate surface area is 165 Å². The number of aromatic nitrogens is 1. The normalized spacial score (nSPS) is 16.5. The molecule has 148 valence electrons. The minimum Gasteiger partial charge on any atom is -0.326 e. The molecule has 1 atom stereocenters. The third-order valence-corrected chi connectivity index (χ3v) is 5.31. The molecule has 1 aliphatic heterocycles. The third kappa shape index (κ3) is 3.59. The van der Waals surface area contributed by atoms with Crippen molar-refractivity contribution in [3.8, 4) is 0 Å². The number of nitrogens with zero attached hydrogens (tertiary/aromatic N) is 2. The molecule has 2 amide bonds. The van der Waals surface area contributed by atoms with Gasteiger partial charge >= 0.3 is 0 Å². The summed E-state index contributed by atoms with van der Waals surface area (Å²) >= 11 is 0. The highest BCUT2D eigenvalue weighted by molar-refractivity contribution is 5.99. The smallest absolute Gasteiger partial charge is 0.251 e. The largest absolute Gasteiger partial charge is 0.326 e. The Kier molecular flexibility index (Phi) is 5.15. The van der Waals surface area contributed by atoms with Crippen molar-refractivity contribution in [2.24, 2.45) is 12.5 Å². The van der Waals surface area contributed by atoms with Crippen molar-refractivity contribution >= 4 is 17.5 Å². The number of carbonyl (C=O) groups excluding carboxylic acids is 2. The van der Waals surface area contributed by atoms with Crippen LogP contribution in [0, 0.1) is 12.3 Å². The van der Waals surface area contributed by atoms with Gasteiger partial charge in [0.25, 0.3) is 11.5 Å². The molecule has 1 unspecified atom stereocenters. The predicted octanol–water partition coefficient (Wildman–Crippen LogP) is 2.80. The maximum absolute atomic E-state index is 13.3. The van der Waals surface area contributed by atoms with Gasteiger partial charge in [0.15, 0.2) is 0 Å². The minimum atomic E-state index is -0.701. The zero-order chi connectivity index (χ0) is 20.6. The number of hydrogen-bond acceptors (Lipinski definition) is 3. The number of amides is 2. The van der Waals surface area contributed by atoms with Crippen LogP contribution in [0.15, 0.2) is 41.2 Å². The van der Waals surface area contributed by atoms with Crippen molar-refractivity contribution in [3.05, 3.63) is 63.6 Å². The molecule has 2 heterocycles. The molecular formula is C22H27N3O3. The van der Waals surface area contributed by atoms with Crippen LogP contribution in [0.25, 0.3) is 0 Å². The fraction of sp³-hybridized carbons (Fsp3) is 0.409. The van der Waals surface area contributed by atoms with Crippen LogP contribution in [-0.4, -0.2) is 27.8 Å². The van der Waals surface area contributed by atoms with E-state index >= 15 is 0 Å². The summed E-state index contributed by atoms with van der Waals surface area (Å²) in [5.41, 5.74) is 2.45. The zero-order valence-electron chi connectivity index (χ0n) is 17.1. The number of benzene rings is 1. The van der Waals surface area contributed by atoms with E-state index in [4.69, 9.17) is 0 Å². The number of fused-ring (bicyclic) bond motifs is 1. The Balaban J connectivity index is 2.01. The molecular weight excluding hydrogens is 354 g/mol. The number of hydrogen-bond donors (Lipinski definition) is 1. The average molecular weight is 381 g/mol. The maximum atomic E-state index is 13.3. The van der Waals surface area contributed by atoms with E-state index in [-0.39, 0.29) is 17.4 Å². The van der Waals surface area contributed by atoms with Gasteiger partial charge in [-0.3, -0.25) is 14.4 Å². The topological polar surface area (TPSA) is 71.4 Å². The van der Waals surface area contributed by atoms with Crippen LogP contribution in [0.4, 0.5) is 5.69 Å². The van der Waals surface area contributed by atoms with Crippen LogP contribution in [0.5, 0.6) is 0 Å². The van der Waals surface area contributed by atoms with Crippen molar-refractivity contribution in [1.82, 2.24) is 9.47 Å². The summed E-state index contributed by atoms with van der Waals surface area (Å²) in [6.45, 7) is 7.87. The second kappa shape index (κ2) is 7.26. The van der Waals surface area contributed by atoms with E-state index < -0.39 is 11.5 Å². The first-order chi connectivity index (χ1) is 13.1. The summed E-state index contributed by atoms with van der Waals surface area (Å²) < 4.78 is 1.49. The van der Waals surface area contributed by atoms with Gasteiger partial charge in [0.1, 0.15) is 6.04 Å². The van der Waals surface area contributed by atoms with E-state index in [0.29, 0.717) is 17.9 Å². The van der Waals surface area contributed by atoms with Crippen LogP contribution in [-0.2, 0) is 23.1 Å². The molecule has 0 saturated heterocycles. The molecule has 3 rings (SSSR count).